The van der Waals surface area contributed by atoms with Gasteiger partial charge in [-0.05, 0) is 12.1 Å². The van der Waals surface area contributed by atoms with Gasteiger partial charge in [-0.2, -0.15) is 4.31 Å². The van der Waals surface area contributed by atoms with Crippen molar-refractivity contribution in [2.24, 2.45) is 5.73 Å². The van der Waals surface area contributed by atoms with E-state index in [0.717, 1.165) is 16.4 Å². The minimum Gasteiger partial charge on any atom is -0.392 e. The Morgan fingerprint density at radius 1 is 1.47 bits per heavy atom. The van der Waals surface area contributed by atoms with Crippen molar-refractivity contribution in [3.63, 3.8) is 0 Å². The third-order valence-electron chi connectivity index (χ3n) is 1.96. The van der Waals surface area contributed by atoms with Gasteiger partial charge in [-0.3, -0.25) is 0 Å². The van der Waals surface area contributed by atoms with Crippen LogP contribution in [0.2, 0.25) is 0 Å². The molecule has 0 heterocycles. The molecule has 1 rings (SSSR count). The molecular weight excluding hydrogens is 270 g/mol. The van der Waals surface area contributed by atoms with Gasteiger partial charge in [0.15, 0.2) is 0 Å². The van der Waals surface area contributed by atoms with Gasteiger partial charge < -0.3 is 5.73 Å². The standard InChI is InChI=1S/C9H10F2N2O2S2/c1-13(5-9(12)16)17(14,15)8-3-2-6(10)4-7(8)11/h2-4H,5H2,1H3,(H2,12,16). The minimum absolute atomic E-state index is 0.0430. The van der Waals surface area contributed by atoms with Gasteiger partial charge >= 0.3 is 0 Å². The number of hydrogen-bond acceptors (Lipinski definition) is 3. The summed E-state index contributed by atoms with van der Waals surface area (Å²) < 4.78 is 50.5. The lowest BCUT2D eigenvalue weighted by Crippen LogP contribution is -2.34. The number of benzene rings is 1. The van der Waals surface area contributed by atoms with Crippen molar-refractivity contribution in [2.75, 3.05) is 13.6 Å². The molecule has 0 aliphatic carbocycles. The summed E-state index contributed by atoms with van der Waals surface area (Å²) >= 11 is 4.56. The molecule has 0 aromatic heterocycles. The lowest BCUT2D eigenvalue weighted by molar-refractivity contribution is 0.492. The van der Waals surface area contributed by atoms with E-state index in [9.17, 15) is 17.2 Å². The van der Waals surface area contributed by atoms with Crippen molar-refractivity contribution in [1.82, 2.24) is 4.31 Å². The van der Waals surface area contributed by atoms with Gasteiger partial charge in [0.2, 0.25) is 10.0 Å². The Bertz CT molecular complexity index is 546. The Labute approximate surface area is 103 Å². The predicted octanol–water partition coefficient (Wildman–Crippen LogP) is 0.871. The smallest absolute Gasteiger partial charge is 0.246 e. The van der Waals surface area contributed by atoms with E-state index in [0.29, 0.717) is 6.07 Å². The molecule has 0 radical (unpaired) electrons. The highest BCUT2D eigenvalue weighted by Gasteiger charge is 2.24. The van der Waals surface area contributed by atoms with Crippen LogP contribution in [0.1, 0.15) is 0 Å². The van der Waals surface area contributed by atoms with Crippen molar-refractivity contribution in [1.29, 1.82) is 0 Å². The topological polar surface area (TPSA) is 63.4 Å². The lowest BCUT2D eigenvalue weighted by Gasteiger charge is -2.16. The Hall–Kier alpha value is -1.12. The van der Waals surface area contributed by atoms with Crippen molar-refractivity contribution in [3.05, 3.63) is 29.8 Å². The molecule has 0 unspecified atom stereocenters. The first-order chi connectivity index (χ1) is 7.75. The van der Waals surface area contributed by atoms with Crippen LogP contribution in [0.3, 0.4) is 0 Å². The second-order valence-corrected chi connectivity index (χ2v) is 5.84. The number of nitrogens with two attached hydrogens (primary N) is 1. The third kappa shape index (κ3) is 3.18. The molecule has 0 aliphatic rings. The highest BCUT2D eigenvalue weighted by atomic mass is 32.2. The predicted molar refractivity (Wildman–Crippen MR) is 63.0 cm³/mol. The molecule has 2 N–H and O–H groups in total. The summed E-state index contributed by atoms with van der Waals surface area (Å²) in [6.45, 7) is -0.214. The average Bonchev–Trinajstić information content (AvgIpc) is 2.15. The molecule has 1 aromatic carbocycles. The Morgan fingerprint density at radius 2 is 2.06 bits per heavy atom. The van der Waals surface area contributed by atoms with E-state index < -0.39 is 26.6 Å². The molecule has 0 atom stereocenters. The molecule has 0 saturated carbocycles. The Morgan fingerprint density at radius 3 is 2.53 bits per heavy atom. The van der Waals surface area contributed by atoms with E-state index in [2.05, 4.69) is 12.2 Å². The van der Waals surface area contributed by atoms with Gasteiger partial charge in [-0.25, -0.2) is 17.2 Å². The number of sulfonamides is 1. The normalized spacial score (nSPS) is 11.8. The zero-order valence-corrected chi connectivity index (χ0v) is 10.5. The van der Waals surface area contributed by atoms with Crippen LogP contribution < -0.4 is 5.73 Å². The van der Waals surface area contributed by atoms with Gasteiger partial charge in [0.25, 0.3) is 0 Å². The molecule has 8 heteroatoms. The molecule has 4 nitrogen and oxygen atoms in total. The number of likely N-dealkylation sites (N-methyl/N-ethyl adjacent to an activating group) is 1. The summed E-state index contributed by atoms with van der Waals surface area (Å²) in [4.78, 5) is -0.656. The van der Waals surface area contributed by atoms with E-state index >= 15 is 0 Å². The van der Waals surface area contributed by atoms with Crippen LogP contribution in [-0.2, 0) is 10.0 Å². The van der Waals surface area contributed by atoms with Crippen molar-refractivity contribution >= 4 is 27.2 Å². The van der Waals surface area contributed by atoms with Gasteiger partial charge in [-0.1, -0.05) is 12.2 Å². The lowest BCUT2D eigenvalue weighted by atomic mass is 10.3. The molecule has 0 aliphatic heterocycles. The quantitative estimate of drug-likeness (QED) is 0.831. The van der Waals surface area contributed by atoms with Crippen LogP contribution in [0.4, 0.5) is 8.78 Å². The van der Waals surface area contributed by atoms with Gasteiger partial charge in [0.1, 0.15) is 16.5 Å². The van der Waals surface area contributed by atoms with Crippen LogP contribution in [0, 0.1) is 11.6 Å². The first-order valence-electron chi connectivity index (χ1n) is 4.45. The van der Waals surface area contributed by atoms with E-state index in [1.807, 2.05) is 0 Å². The molecule has 0 amide bonds. The van der Waals surface area contributed by atoms with E-state index in [1.54, 1.807) is 0 Å². The second-order valence-electron chi connectivity index (χ2n) is 3.30. The number of nitrogens with zero attached hydrogens (tertiary/aromatic N) is 1. The Kier molecular flexibility index (Phi) is 4.12. The van der Waals surface area contributed by atoms with Crippen molar-refractivity contribution < 1.29 is 17.2 Å². The van der Waals surface area contributed by atoms with Crippen molar-refractivity contribution in [3.8, 4) is 0 Å². The number of halogens is 2. The maximum absolute atomic E-state index is 13.3. The summed E-state index contributed by atoms with van der Waals surface area (Å²) in [5.41, 5.74) is 5.20. The van der Waals surface area contributed by atoms with Crippen LogP contribution in [0.25, 0.3) is 0 Å². The van der Waals surface area contributed by atoms with E-state index in [-0.39, 0.29) is 11.5 Å². The SMILES string of the molecule is CN(CC(N)=S)S(=O)(=O)c1ccc(F)cc1F. The van der Waals surface area contributed by atoms with Gasteiger partial charge in [0, 0.05) is 13.1 Å². The maximum atomic E-state index is 13.3. The highest BCUT2D eigenvalue weighted by Crippen LogP contribution is 2.18. The number of hydrogen-bond donors (Lipinski definition) is 1. The zero-order chi connectivity index (χ0) is 13.2. The molecule has 1 aromatic rings. The summed E-state index contributed by atoms with van der Waals surface area (Å²) in [6.07, 6.45) is 0. The van der Waals surface area contributed by atoms with Gasteiger partial charge in [0.05, 0.1) is 11.5 Å². The number of rotatable bonds is 4. The first-order valence-corrected chi connectivity index (χ1v) is 6.29. The van der Waals surface area contributed by atoms with Crippen LogP contribution >= 0.6 is 12.2 Å². The number of thiocarbonyl (C=S) groups is 1. The largest absolute Gasteiger partial charge is 0.392 e. The van der Waals surface area contributed by atoms with E-state index in [1.165, 1.54) is 7.05 Å². The fourth-order valence-electron chi connectivity index (χ4n) is 1.16. The molecule has 0 saturated heterocycles. The molecular formula is C9H10F2N2O2S2. The Balaban J connectivity index is 3.17. The summed E-state index contributed by atoms with van der Waals surface area (Å²) in [6, 6.07) is 2.22. The average molecular weight is 280 g/mol. The van der Waals surface area contributed by atoms with E-state index in [4.69, 9.17) is 5.73 Å². The first kappa shape index (κ1) is 13.9. The zero-order valence-electron chi connectivity index (χ0n) is 8.85. The van der Waals surface area contributed by atoms with Gasteiger partial charge in [-0.15, -0.1) is 0 Å². The highest BCUT2D eigenvalue weighted by molar-refractivity contribution is 7.89. The van der Waals surface area contributed by atoms with Crippen molar-refractivity contribution in [2.45, 2.75) is 4.90 Å². The minimum atomic E-state index is -4.06. The van der Waals surface area contributed by atoms with Crippen LogP contribution in [0.5, 0.6) is 0 Å². The van der Waals surface area contributed by atoms with Crippen LogP contribution in [-0.4, -0.2) is 31.3 Å². The molecule has 94 valence electrons. The fraction of sp³-hybridized carbons (Fsp3) is 0.222. The molecule has 17 heavy (non-hydrogen) atoms. The molecule has 0 spiro atoms. The monoisotopic (exact) mass is 280 g/mol. The molecule has 0 bridgehead atoms. The second kappa shape index (κ2) is 5.03. The fourth-order valence-corrected chi connectivity index (χ4v) is 2.62. The summed E-state index contributed by atoms with van der Waals surface area (Å²) in [7, 11) is -2.85. The maximum Gasteiger partial charge on any atom is 0.246 e. The summed E-state index contributed by atoms with van der Waals surface area (Å²) in [5.74, 6) is -2.00. The van der Waals surface area contributed by atoms with Crippen LogP contribution in [0.15, 0.2) is 23.1 Å². The third-order valence-corrected chi connectivity index (χ3v) is 3.93. The molecule has 0 fully saturated rings. The summed E-state index contributed by atoms with van der Waals surface area (Å²) in [5, 5.41) is 0.